The zero-order chi connectivity index (χ0) is 14.4. The summed E-state index contributed by atoms with van der Waals surface area (Å²) in [6, 6.07) is 9.24. The molecule has 1 aliphatic heterocycles. The van der Waals surface area contributed by atoms with E-state index in [0.29, 0.717) is 5.92 Å². The van der Waals surface area contributed by atoms with Crippen molar-refractivity contribution in [2.75, 3.05) is 18.8 Å². The van der Waals surface area contributed by atoms with Crippen LogP contribution < -0.4 is 5.73 Å². The van der Waals surface area contributed by atoms with Crippen LogP contribution in [0.5, 0.6) is 0 Å². The van der Waals surface area contributed by atoms with Gasteiger partial charge in [0.1, 0.15) is 0 Å². The van der Waals surface area contributed by atoms with Gasteiger partial charge in [-0.3, -0.25) is 0 Å². The molecule has 0 radical (unpaired) electrons. The molecule has 0 saturated carbocycles. The largest absolute Gasteiger partial charge is 0.399 e. The summed E-state index contributed by atoms with van der Waals surface area (Å²) in [7, 11) is 0. The van der Waals surface area contributed by atoms with E-state index in [1.54, 1.807) is 0 Å². The summed E-state index contributed by atoms with van der Waals surface area (Å²) in [5, 5.41) is 0. The van der Waals surface area contributed by atoms with Gasteiger partial charge in [0, 0.05) is 11.7 Å². The van der Waals surface area contributed by atoms with Gasteiger partial charge in [-0.15, -0.1) is 0 Å². The Hall–Kier alpha value is -1.02. The van der Waals surface area contributed by atoms with Crippen molar-refractivity contribution in [3.8, 4) is 0 Å². The van der Waals surface area contributed by atoms with Crippen LogP contribution in [-0.4, -0.2) is 24.0 Å². The third-order valence-electron chi connectivity index (χ3n) is 4.73. The number of hydrogen-bond donors (Lipinski definition) is 1. The third-order valence-corrected chi connectivity index (χ3v) is 4.73. The molecule has 112 valence electrons. The number of anilines is 1. The molecule has 2 unspecified atom stereocenters. The first kappa shape index (κ1) is 15.4. The number of likely N-dealkylation sites (tertiary alicyclic amines) is 1. The molecule has 0 aliphatic carbocycles. The molecule has 1 fully saturated rings. The minimum atomic E-state index is 0.625. The monoisotopic (exact) mass is 274 g/mol. The predicted molar refractivity (Wildman–Crippen MR) is 88.0 cm³/mol. The standard InChI is InChI=1S/C18H30N2/c1-3-6-18-7-4-5-13-20(18)14-12-15(2)16-8-10-17(19)11-9-16/h8-11,15,18H,3-7,12-14,19H2,1-2H3. The molecular weight excluding hydrogens is 244 g/mol. The number of rotatable bonds is 6. The molecule has 20 heavy (non-hydrogen) atoms. The summed E-state index contributed by atoms with van der Waals surface area (Å²) in [5.41, 5.74) is 8.04. The lowest BCUT2D eigenvalue weighted by Gasteiger charge is -2.36. The van der Waals surface area contributed by atoms with Crippen LogP contribution in [-0.2, 0) is 0 Å². The minimum Gasteiger partial charge on any atom is -0.399 e. The smallest absolute Gasteiger partial charge is 0.0314 e. The van der Waals surface area contributed by atoms with Crippen molar-refractivity contribution in [1.82, 2.24) is 4.90 Å². The summed E-state index contributed by atoms with van der Waals surface area (Å²) in [4.78, 5) is 2.74. The Morgan fingerprint density at radius 3 is 2.70 bits per heavy atom. The van der Waals surface area contributed by atoms with Gasteiger partial charge in [-0.1, -0.05) is 38.8 Å². The molecule has 1 heterocycles. The molecular formula is C18H30N2. The van der Waals surface area contributed by atoms with Gasteiger partial charge >= 0.3 is 0 Å². The fourth-order valence-corrected chi connectivity index (χ4v) is 3.37. The third kappa shape index (κ3) is 4.24. The fraction of sp³-hybridized carbons (Fsp3) is 0.667. The SMILES string of the molecule is CCCC1CCCCN1CCC(C)c1ccc(N)cc1. The first-order valence-electron chi connectivity index (χ1n) is 8.30. The van der Waals surface area contributed by atoms with Crippen LogP contribution in [0.25, 0.3) is 0 Å². The number of piperidine rings is 1. The van der Waals surface area contributed by atoms with Crippen molar-refractivity contribution in [2.45, 2.75) is 64.3 Å². The molecule has 0 aromatic heterocycles. The van der Waals surface area contributed by atoms with E-state index in [0.717, 1.165) is 11.7 Å². The van der Waals surface area contributed by atoms with Crippen molar-refractivity contribution in [3.63, 3.8) is 0 Å². The molecule has 1 saturated heterocycles. The topological polar surface area (TPSA) is 29.3 Å². The Labute approximate surface area is 124 Å². The highest BCUT2D eigenvalue weighted by Gasteiger charge is 2.21. The quantitative estimate of drug-likeness (QED) is 0.778. The van der Waals surface area contributed by atoms with Gasteiger partial charge in [-0.2, -0.15) is 0 Å². The number of hydrogen-bond acceptors (Lipinski definition) is 2. The van der Waals surface area contributed by atoms with Crippen LogP contribution in [0.2, 0.25) is 0 Å². The maximum Gasteiger partial charge on any atom is 0.0314 e. The van der Waals surface area contributed by atoms with Gasteiger partial charge in [0.05, 0.1) is 0 Å². The number of nitrogen functional groups attached to an aromatic ring is 1. The summed E-state index contributed by atoms with van der Waals surface area (Å²) < 4.78 is 0. The lowest BCUT2D eigenvalue weighted by molar-refractivity contribution is 0.135. The second kappa shape index (κ2) is 7.68. The Morgan fingerprint density at radius 2 is 2.00 bits per heavy atom. The molecule has 2 heteroatoms. The van der Waals surface area contributed by atoms with Crippen LogP contribution in [0, 0.1) is 0 Å². The molecule has 2 rings (SSSR count). The van der Waals surface area contributed by atoms with Crippen molar-refractivity contribution < 1.29 is 0 Å². The van der Waals surface area contributed by atoms with Crippen LogP contribution in [0.3, 0.4) is 0 Å². The predicted octanol–water partition coefficient (Wildman–Crippen LogP) is 4.42. The number of benzene rings is 1. The second-order valence-corrected chi connectivity index (χ2v) is 6.33. The van der Waals surface area contributed by atoms with Gasteiger partial charge in [0.25, 0.3) is 0 Å². The van der Waals surface area contributed by atoms with Crippen molar-refractivity contribution in [1.29, 1.82) is 0 Å². The number of nitrogens with two attached hydrogens (primary N) is 1. The average Bonchev–Trinajstić information content (AvgIpc) is 2.47. The van der Waals surface area contributed by atoms with E-state index in [1.165, 1.54) is 57.2 Å². The molecule has 2 N–H and O–H groups in total. The highest BCUT2D eigenvalue weighted by molar-refractivity contribution is 5.40. The summed E-state index contributed by atoms with van der Waals surface area (Å²) >= 11 is 0. The summed E-state index contributed by atoms with van der Waals surface area (Å²) in [6.45, 7) is 7.20. The van der Waals surface area contributed by atoms with E-state index in [9.17, 15) is 0 Å². The number of nitrogens with zero attached hydrogens (tertiary/aromatic N) is 1. The molecule has 1 aromatic carbocycles. The van der Waals surface area contributed by atoms with Crippen LogP contribution in [0.1, 0.15) is 63.9 Å². The summed E-state index contributed by atoms with van der Waals surface area (Å²) in [5.74, 6) is 0.625. The highest BCUT2D eigenvalue weighted by atomic mass is 15.2. The van der Waals surface area contributed by atoms with Crippen LogP contribution in [0.4, 0.5) is 5.69 Å². The zero-order valence-corrected chi connectivity index (χ0v) is 13.1. The van der Waals surface area contributed by atoms with Gasteiger partial charge in [0.2, 0.25) is 0 Å². The Morgan fingerprint density at radius 1 is 1.25 bits per heavy atom. The first-order chi connectivity index (χ1) is 9.70. The van der Waals surface area contributed by atoms with E-state index >= 15 is 0 Å². The van der Waals surface area contributed by atoms with Crippen molar-refractivity contribution in [2.24, 2.45) is 0 Å². The molecule has 1 aliphatic rings. The Bertz CT molecular complexity index is 383. The van der Waals surface area contributed by atoms with Gasteiger partial charge in [0.15, 0.2) is 0 Å². The lowest BCUT2D eigenvalue weighted by atomic mass is 9.94. The van der Waals surface area contributed by atoms with E-state index in [1.807, 2.05) is 12.1 Å². The molecule has 2 atom stereocenters. The first-order valence-corrected chi connectivity index (χ1v) is 8.30. The molecule has 0 bridgehead atoms. The molecule has 0 amide bonds. The Balaban J connectivity index is 1.85. The van der Waals surface area contributed by atoms with Gasteiger partial charge in [-0.25, -0.2) is 0 Å². The van der Waals surface area contributed by atoms with Crippen molar-refractivity contribution >= 4 is 5.69 Å². The highest BCUT2D eigenvalue weighted by Crippen LogP contribution is 2.25. The van der Waals surface area contributed by atoms with E-state index in [-0.39, 0.29) is 0 Å². The van der Waals surface area contributed by atoms with Gasteiger partial charge in [-0.05, 0) is 62.4 Å². The van der Waals surface area contributed by atoms with E-state index in [2.05, 4.69) is 30.9 Å². The normalized spacial score (nSPS) is 21.8. The van der Waals surface area contributed by atoms with E-state index in [4.69, 9.17) is 5.73 Å². The molecule has 0 spiro atoms. The zero-order valence-electron chi connectivity index (χ0n) is 13.1. The van der Waals surface area contributed by atoms with Crippen molar-refractivity contribution in [3.05, 3.63) is 29.8 Å². The average molecular weight is 274 g/mol. The Kier molecular flexibility index (Phi) is 5.90. The molecule has 2 nitrogen and oxygen atoms in total. The maximum atomic E-state index is 5.76. The second-order valence-electron chi connectivity index (χ2n) is 6.33. The van der Waals surface area contributed by atoms with Crippen LogP contribution in [0.15, 0.2) is 24.3 Å². The van der Waals surface area contributed by atoms with E-state index < -0.39 is 0 Å². The maximum absolute atomic E-state index is 5.76. The molecule has 1 aromatic rings. The summed E-state index contributed by atoms with van der Waals surface area (Å²) in [6.07, 6.45) is 8.16. The van der Waals surface area contributed by atoms with Crippen LogP contribution >= 0.6 is 0 Å². The fourth-order valence-electron chi connectivity index (χ4n) is 3.37. The van der Waals surface area contributed by atoms with Gasteiger partial charge < -0.3 is 10.6 Å². The minimum absolute atomic E-state index is 0.625. The lowest BCUT2D eigenvalue weighted by Crippen LogP contribution is -2.40.